The van der Waals surface area contributed by atoms with Crippen molar-refractivity contribution in [3.8, 4) is 0 Å². The summed E-state index contributed by atoms with van der Waals surface area (Å²) in [5, 5.41) is 11.7. The minimum atomic E-state index is -0.906. The molecule has 0 spiro atoms. The van der Waals surface area contributed by atoms with Gasteiger partial charge in [-0.3, -0.25) is 9.59 Å². The molecule has 0 aromatic heterocycles. The molecule has 19 heavy (non-hydrogen) atoms. The van der Waals surface area contributed by atoms with Crippen LogP contribution >= 0.6 is 0 Å². The molecule has 0 aliphatic carbocycles. The van der Waals surface area contributed by atoms with Crippen molar-refractivity contribution in [3.05, 3.63) is 0 Å². The van der Waals surface area contributed by atoms with Crippen LogP contribution < -0.4 is 11.1 Å². The Hall–Kier alpha value is -1.10. The molecule has 112 valence electrons. The third-order valence-corrected chi connectivity index (χ3v) is 2.83. The molecule has 0 aromatic carbocycles. The summed E-state index contributed by atoms with van der Waals surface area (Å²) in [6.07, 6.45) is 3.08. The smallest absolute Gasteiger partial charge is 0.305 e. The van der Waals surface area contributed by atoms with Crippen molar-refractivity contribution in [2.24, 2.45) is 11.1 Å². The van der Waals surface area contributed by atoms with Crippen LogP contribution in [0.4, 0.5) is 0 Å². The summed E-state index contributed by atoms with van der Waals surface area (Å²) in [4.78, 5) is 22.7. The monoisotopic (exact) mass is 272 g/mol. The fourth-order valence-electron chi connectivity index (χ4n) is 1.99. The van der Waals surface area contributed by atoms with Crippen molar-refractivity contribution >= 4 is 11.9 Å². The Kier molecular flexibility index (Phi) is 7.68. The Labute approximate surface area is 115 Å². The molecule has 4 N–H and O–H groups in total. The highest BCUT2D eigenvalue weighted by Gasteiger charge is 2.24. The van der Waals surface area contributed by atoms with E-state index in [1.807, 2.05) is 27.7 Å². The Morgan fingerprint density at radius 3 is 2.32 bits per heavy atom. The predicted molar refractivity (Wildman–Crippen MR) is 75.8 cm³/mol. The van der Waals surface area contributed by atoms with Crippen molar-refractivity contribution < 1.29 is 14.7 Å². The lowest BCUT2D eigenvalue weighted by atomic mass is 9.87. The summed E-state index contributed by atoms with van der Waals surface area (Å²) in [5.41, 5.74) is 5.75. The molecule has 5 nitrogen and oxygen atoms in total. The maximum atomic E-state index is 11.9. The second-order valence-corrected chi connectivity index (χ2v) is 6.32. The number of hydrogen-bond donors (Lipinski definition) is 3. The zero-order chi connectivity index (χ0) is 15.1. The van der Waals surface area contributed by atoms with E-state index in [1.54, 1.807) is 0 Å². The van der Waals surface area contributed by atoms with Crippen molar-refractivity contribution in [2.45, 2.75) is 71.9 Å². The number of carboxylic acids is 1. The van der Waals surface area contributed by atoms with Crippen molar-refractivity contribution in [1.29, 1.82) is 0 Å². The van der Waals surface area contributed by atoms with E-state index in [2.05, 4.69) is 5.32 Å². The van der Waals surface area contributed by atoms with Crippen LogP contribution in [0.1, 0.15) is 59.8 Å². The SMILES string of the molecule is CCCCC(N)C(=O)NC(CC(=O)O)CC(C)(C)C. The van der Waals surface area contributed by atoms with Gasteiger partial charge in [0.1, 0.15) is 0 Å². The van der Waals surface area contributed by atoms with Crippen LogP contribution in [0.5, 0.6) is 0 Å². The third kappa shape index (κ3) is 9.47. The minimum Gasteiger partial charge on any atom is -0.481 e. The van der Waals surface area contributed by atoms with E-state index in [1.165, 1.54) is 0 Å². The number of carbonyl (C=O) groups is 2. The maximum Gasteiger partial charge on any atom is 0.305 e. The molecule has 0 saturated heterocycles. The van der Waals surface area contributed by atoms with Crippen LogP contribution in [0.2, 0.25) is 0 Å². The Morgan fingerprint density at radius 2 is 1.89 bits per heavy atom. The van der Waals surface area contributed by atoms with E-state index in [9.17, 15) is 9.59 Å². The van der Waals surface area contributed by atoms with Gasteiger partial charge in [0.2, 0.25) is 5.91 Å². The number of unbranched alkanes of at least 4 members (excludes halogenated alkanes) is 1. The van der Waals surface area contributed by atoms with Crippen LogP contribution in [-0.4, -0.2) is 29.1 Å². The topological polar surface area (TPSA) is 92.4 Å². The molecular formula is C14H28N2O3. The number of aliphatic carboxylic acids is 1. The zero-order valence-electron chi connectivity index (χ0n) is 12.5. The molecule has 0 radical (unpaired) electrons. The Bertz CT molecular complexity index is 298. The first-order chi connectivity index (χ1) is 8.65. The fourth-order valence-corrected chi connectivity index (χ4v) is 1.99. The quantitative estimate of drug-likeness (QED) is 0.629. The average Bonchev–Trinajstić information content (AvgIpc) is 2.22. The molecule has 5 heteroatoms. The number of nitrogens with two attached hydrogens (primary N) is 1. The molecule has 0 aliphatic heterocycles. The van der Waals surface area contributed by atoms with Crippen LogP contribution in [0.25, 0.3) is 0 Å². The van der Waals surface area contributed by atoms with Gasteiger partial charge in [-0.15, -0.1) is 0 Å². The van der Waals surface area contributed by atoms with Gasteiger partial charge in [-0.1, -0.05) is 40.5 Å². The van der Waals surface area contributed by atoms with Gasteiger partial charge in [0.05, 0.1) is 12.5 Å². The first kappa shape index (κ1) is 17.9. The molecule has 0 fully saturated rings. The van der Waals surface area contributed by atoms with Crippen molar-refractivity contribution in [2.75, 3.05) is 0 Å². The number of hydrogen-bond acceptors (Lipinski definition) is 3. The molecule has 0 saturated carbocycles. The Morgan fingerprint density at radius 1 is 1.32 bits per heavy atom. The molecule has 0 heterocycles. The van der Waals surface area contributed by atoms with E-state index in [0.29, 0.717) is 12.8 Å². The molecule has 0 rings (SSSR count). The first-order valence-corrected chi connectivity index (χ1v) is 6.93. The molecule has 1 amide bonds. The van der Waals surface area contributed by atoms with Crippen molar-refractivity contribution in [1.82, 2.24) is 5.32 Å². The van der Waals surface area contributed by atoms with Crippen LogP contribution in [-0.2, 0) is 9.59 Å². The molecule has 2 atom stereocenters. The highest BCUT2D eigenvalue weighted by molar-refractivity contribution is 5.82. The fraction of sp³-hybridized carbons (Fsp3) is 0.857. The highest BCUT2D eigenvalue weighted by Crippen LogP contribution is 2.22. The summed E-state index contributed by atoms with van der Waals surface area (Å²) in [6.45, 7) is 8.10. The predicted octanol–water partition coefficient (Wildman–Crippen LogP) is 1.90. The zero-order valence-corrected chi connectivity index (χ0v) is 12.5. The van der Waals surface area contributed by atoms with Gasteiger partial charge in [-0.05, 0) is 18.3 Å². The largest absolute Gasteiger partial charge is 0.481 e. The lowest BCUT2D eigenvalue weighted by Gasteiger charge is -2.26. The second kappa shape index (κ2) is 8.15. The number of nitrogens with one attached hydrogen (secondary N) is 1. The van der Waals surface area contributed by atoms with Crippen LogP contribution in [0.3, 0.4) is 0 Å². The average molecular weight is 272 g/mol. The summed E-state index contributed by atoms with van der Waals surface area (Å²) in [6, 6.07) is -0.908. The summed E-state index contributed by atoms with van der Waals surface area (Å²) >= 11 is 0. The van der Waals surface area contributed by atoms with Gasteiger partial charge >= 0.3 is 5.97 Å². The maximum absolute atomic E-state index is 11.9. The number of carboxylic acid groups (broad SMARTS) is 1. The van der Waals surface area contributed by atoms with Gasteiger partial charge < -0.3 is 16.2 Å². The summed E-state index contributed by atoms with van der Waals surface area (Å²) in [5.74, 6) is -1.15. The third-order valence-electron chi connectivity index (χ3n) is 2.83. The normalized spacial score (nSPS) is 14.8. The molecule has 0 aliphatic rings. The van der Waals surface area contributed by atoms with Gasteiger partial charge in [0, 0.05) is 6.04 Å². The number of carbonyl (C=O) groups excluding carboxylic acids is 1. The van der Waals surface area contributed by atoms with E-state index < -0.39 is 12.0 Å². The van der Waals surface area contributed by atoms with Gasteiger partial charge in [-0.2, -0.15) is 0 Å². The number of amides is 1. The first-order valence-electron chi connectivity index (χ1n) is 6.93. The van der Waals surface area contributed by atoms with E-state index in [0.717, 1.165) is 12.8 Å². The van der Waals surface area contributed by atoms with Crippen LogP contribution in [0, 0.1) is 5.41 Å². The molecular weight excluding hydrogens is 244 g/mol. The van der Waals surface area contributed by atoms with Gasteiger partial charge in [0.25, 0.3) is 0 Å². The van der Waals surface area contributed by atoms with Crippen LogP contribution in [0.15, 0.2) is 0 Å². The van der Waals surface area contributed by atoms with Gasteiger partial charge in [0.15, 0.2) is 0 Å². The molecule has 0 aromatic rings. The molecule has 0 bridgehead atoms. The lowest BCUT2D eigenvalue weighted by Crippen LogP contribution is -2.47. The lowest BCUT2D eigenvalue weighted by molar-refractivity contribution is -0.138. The van der Waals surface area contributed by atoms with Crippen molar-refractivity contribution in [3.63, 3.8) is 0 Å². The van der Waals surface area contributed by atoms with E-state index in [4.69, 9.17) is 10.8 Å². The summed E-state index contributed by atoms with van der Waals surface area (Å²) < 4.78 is 0. The highest BCUT2D eigenvalue weighted by atomic mass is 16.4. The summed E-state index contributed by atoms with van der Waals surface area (Å²) in [7, 11) is 0. The number of rotatable bonds is 8. The molecule has 2 unspecified atom stereocenters. The van der Waals surface area contributed by atoms with E-state index >= 15 is 0 Å². The van der Waals surface area contributed by atoms with E-state index in [-0.39, 0.29) is 23.8 Å². The minimum absolute atomic E-state index is 0.0408. The standard InChI is InChI=1S/C14H28N2O3/c1-5-6-7-11(15)13(19)16-10(8-12(17)18)9-14(2,3)4/h10-11H,5-9,15H2,1-4H3,(H,16,19)(H,17,18). The van der Waals surface area contributed by atoms with Gasteiger partial charge in [-0.25, -0.2) is 0 Å². The Balaban J connectivity index is 4.45. The second-order valence-electron chi connectivity index (χ2n) is 6.32.